The maximum absolute atomic E-state index is 11.3. The Morgan fingerprint density at radius 2 is 1.88 bits per heavy atom. The first kappa shape index (κ1) is 19.3. The Bertz CT molecular complexity index is 668. The van der Waals surface area contributed by atoms with E-state index in [9.17, 15) is 9.90 Å². The fourth-order valence-electron chi connectivity index (χ4n) is 2.40. The number of phenols is 1. The number of hydrogen-bond acceptors (Lipinski definition) is 5. The monoisotopic (exact) mass is 347 g/mol. The first-order chi connectivity index (χ1) is 11.6. The lowest BCUT2D eigenvalue weighted by molar-refractivity contribution is -0.118. The van der Waals surface area contributed by atoms with Crippen LogP contribution in [0.4, 0.5) is 0 Å². The van der Waals surface area contributed by atoms with Crippen LogP contribution in [-0.4, -0.2) is 43.0 Å². The van der Waals surface area contributed by atoms with E-state index < -0.39 is 18.3 Å². The van der Waals surface area contributed by atoms with E-state index in [-0.39, 0.29) is 18.2 Å². The predicted molar refractivity (Wildman–Crippen MR) is 97.4 cm³/mol. The van der Waals surface area contributed by atoms with Gasteiger partial charge in [0, 0.05) is 19.0 Å². The average Bonchev–Trinajstić information content (AvgIpc) is 2.73. The van der Waals surface area contributed by atoms with Crippen molar-refractivity contribution in [1.29, 1.82) is 0 Å². The van der Waals surface area contributed by atoms with E-state index in [1.165, 1.54) is 6.92 Å². The second-order valence-electron chi connectivity index (χ2n) is 7.14. The van der Waals surface area contributed by atoms with E-state index >= 15 is 0 Å². The summed E-state index contributed by atoms with van der Waals surface area (Å²) in [4.78, 5) is 11.3. The van der Waals surface area contributed by atoms with Crippen LogP contribution in [0.3, 0.4) is 0 Å². The van der Waals surface area contributed by atoms with E-state index in [0.29, 0.717) is 16.8 Å². The van der Waals surface area contributed by atoms with Crippen molar-refractivity contribution in [2.75, 3.05) is 13.7 Å². The Morgan fingerprint density at radius 3 is 2.40 bits per heavy atom. The lowest BCUT2D eigenvalue weighted by atomic mass is 9.77. The SMILES string of the molecule is COc1ccc(O)c(C=C(CNC(C)=O)B2OC(C)(C)C(C)(C)O2)c1. The van der Waals surface area contributed by atoms with Crippen LogP contribution in [0.15, 0.2) is 23.7 Å². The van der Waals surface area contributed by atoms with Crippen molar-refractivity contribution < 1.29 is 23.9 Å². The fraction of sp³-hybridized carbons (Fsp3) is 0.500. The van der Waals surface area contributed by atoms with Crippen molar-refractivity contribution in [2.45, 2.75) is 45.8 Å². The first-order valence-corrected chi connectivity index (χ1v) is 8.23. The Hall–Kier alpha value is -1.99. The molecule has 0 spiro atoms. The zero-order valence-electron chi connectivity index (χ0n) is 15.7. The lowest BCUT2D eigenvalue weighted by Gasteiger charge is -2.32. The number of hydrogen-bond donors (Lipinski definition) is 2. The largest absolute Gasteiger partial charge is 0.507 e. The van der Waals surface area contributed by atoms with Gasteiger partial charge in [-0.2, -0.15) is 0 Å². The molecule has 0 bridgehead atoms. The number of rotatable bonds is 5. The van der Waals surface area contributed by atoms with Crippen molar-refractivity contribution in [3.8, 4) is 11.5 Å². The van der Waals surface area contributed by atoms with E-state index in [1.807, 2.05) is 27.7 Å². The standard InChI is InChI=1S/C18H26BNO5/c1-12(21)20-11-14(19-24-17(2,3)18(4,5)25-19)9-13-10-15(23-6)7-8-16(13)22/h7-10,22H,11H2,1-6H3,(H,20,21). The summed E-state index contributed by atoms with van der Waals surface area (Å²) >= 11 is 0. The van der Waals surface area contributed by atoms with Crippen LogP contribution < -0.4 is 10.1 Å². The number of methoxy groups -OCH3 is 1. The molecule has 1 aromatic rings. The number of carbonyl (C=O) groups excluding carboxylic acids is 1. The van der Waals surface area contributed by atoms with Crippen LogP contribution in [0.25, 0.3) is 6.08 Å². The van der Waals surface area contributed by atoms with Gasteiger partial charge in [0.1, 0.15) is 11.5 Å². The minimum absolute atomic E-state index is 0.109. The zero-order valence-corrected chi connectivity index (χ0v) is 15.7. The predicted octanol–water partition coefficient (Wildman–Crippen LogP) is 2.55. The molecule has 25 heavy (non-hydrogen) atoms. The highest BCUT2D eigenvalue weighted by atomic mass is 16.7. The molecule has 1 aliphatic heterocycles. The quantitative estimate of drug-likeness (QED) is 0.801. The van der Waals surface area contributed by atoms with Gasteiger partial charge in [-0.3, -0.25) is 4.79 Å². The number of ether oxygens (including phenoxy) is 1. The number of carbonyl (C=O) groups is 1. The zero-order chi connectivity index (χ0) is 18.8. The van der Waals surface area contributed by atoms with Gasteiger partial charge in [-0.25, -0.2) is 0 Å². The maximum Gasteiger partial charge on any atom is 0.492 e. The summed E-state index contributed by atoms with van der Waals surface area (Å²) in [6.45, 7) is 9.56. The minimum atomic E-state index is -0.623. The van der Waals surface area contributed by atoms with Gasteiger partial charge in [0.05, 0.1) is 18.3 Å². The molecule has 6 nitrogen and oxygen atoms in total. The summed E-state index contributed by atoms with van der Waals surface area (Å²) in [6, 6.07) is 4.95. The highest BCUT2D eigenvalue weighted by Crippen LogP contribution is 2.39. The van der Waals surface area contributed by atoms with Crippen molar-refractivity contribution in [3.63, 3.8) is 0 Å². The minimum Gasteiger partial charge on any atom is -0.507 e. The molecule has 1 fully saturated rings. The topological polar surface area (TPSA) is 77.0 Å². The second kappa shape index (κ2) is 7.10. The Labute approximate surface area is 149 Å². The van der Waals surface area contributed by atoms with Crippen LogP contribution in [0.2, 0.25) is 0 Å². The molecule has 1 aromatic carbocycles. The lowest BCUT2D eigenvalue weighted by Crippen LogP contribution is -2.41. The molecule has 7 heteroatoms. The van der Waals surface area contributed by atoms with Crippen molar-refractivity contribution in [3.05, 3.63) is 29.2 Å². The summed E-state index contributed by atoms with van der Waals surface area (Å²) in [5, 5.41) is 12.9. The van der Waals surface area contributed by atoms with Crippen LogP contribution in [0.1, 0.15) is 40.2 Å². The van der Waals surface area contributed by atoms with Crippen molar-refractivity contribution >= 4 is 19.1 Å². The van der Waals surface area contributed by atoms with Gasteiger partial charge in [-0.15, -0.1) is 0 Å². The summed E-state index contributed by atoms with van der Waals surface area (Å²) in [5.74, 6) is 0.576. The molecule has 2 rings (SSSR count). The molecule has 1 heterocycles. The molecule has 2 N–H and O–H groups in total. The van der Waals surface area contributed by atoms with Gasteiger partial charge in [-0.05, 0) is 51.4 Å². The van der Waals surface area contributed by atoms with Crippen LogP contribution in [0.5, 0.6) is 11.5 Å². The molecule has 1 aliphatic rings. The van der Waals surface area contributed by atoms with Crippen LogP contribution in [-0.2, 0) is 14.1 Å². The molecular formula is C18H26BNO5. The highest BCUT2D eigenvalue weighted by molar-refractivity contribution is 6.56. The Kier molecular flexibility index (Phi) is 5.49. The van der Waals surface area contributed by atoms with Crippen LogP contribution >= 0.6 is 0 Å². The second-order valence-corrected chi connectivity index (χ2v) is 7.14. The Balaban J connectivity index is 2.38. The number of phenolic OH excluding ortho intramolecular Hbond substituents is 1. The van der Waals surface area contributed by atoms with Gasteiger partial charge in [0.25, 0.3) is 0 Å². The fourth-order valence-corrected chi connectivity index (χ4v) is 2.40. The molecular weight excluding hydrogens is 321 g/mol. The van der Waals surface area contributed by atoms with Gasteiger partial charge >= 0.3 is 7.12 Å². The van der Waals surface area contributed by atoms with E-state index in [4.69, 9.17) is 14.0 Å². The van der Waals surface area contributed by atoms with E-state index in [0.717, 1.165) is 0 Å². The van der Waals surface area contributed by atoms with E-state index in [2.05, 4.69) is 5.32 Å². The average molecular weight is 347 g/mol. The van der Waals surface area contributed by atoms with Gasteiger partial charge in [0.2, 0.25) is 5.91 Å². The van der Waals surface area contributed by atoms with E-state index in [1.54, 1.807) is 31.4 Å². The molecule has 1 amide bonds. The number of amides is 1. The van der Waals surface area contributed by atoms with Crippen molar-refractivity contribution in [2.24, 2.45) is 0 Å². The number of aromatic hydroxyl groups is 1. The first-order valence-electron chi connectivity index (χ1n) is 8.23. The van der Waals surface area contributed by atoms with Gasteiger partial charge in [-0.1, -0.05) is 6.08 Å². The van der Waals surface area contributed by atoms with Crippen molar-refractivity contribution in [1.82, 2.24) is 5.32 Å². The summed E-state index contributed by atoms with van der Waals surface area (Å²) in [5.41, 5.74) is 0.277. The third-order valence-electron chi connectivity index (χ3n) is 4.67. The molecule has 0 atom stereocenters. The molecule has 0 unspecified atom stereocenters. The third-order valence-corrected chi connectivity index (χ3v) is 4.67. The number of nitrogens with one attached hydrogen (secondary N) is 1. The molecule has 0 saturated carbocycles. The highest BCUT2D eigenvalue weighted by Gasteiger charge is 2.52. The van der Waals surface area contributed by atoms with Gasteiger partial charge < -0.3 is 24.5 Å². The summed E-state index contributed by atoms with van der Waals surface area (Å²) < 4.78 is 17.4. The third kappa shape index (κ3) is 4.35. The summed E-state index contributed by atoms with van der Waals surface area (Å²) in [7, 11) is 0.939. The van der Waals surface area contributed by atoms with Gasteiger partial charge in [0.15, 0.2) is 0 Å². The normalized spacial score (nSPS) is 19.0. The van der Waals surface area contributed by atoms with Crippen LogP contribution in [0, 0.1) is 0 Å². The molecule has 0 aromatic heterocycles. The molecule has 136 valence electrons. The molecule has 1 saturated heterocycles. The number of benzene rings is 1. The smallest absolute Gasteiger partial charge is 0.492 e. The molecule has 0 aliphatic carbocycles. The Morgan fingerprint density at radius 1 is 1.28 bits per heavy atom. The molecule has 0 radical (unpaired) electrons. The maximum atomic E-state index is 11.3. The summed E-state index contributed by atoms with van der Waals surface area (Å²) in [6.07, 6.45) is 1.76.